The van der Waals surface area contributed by atoms with Gasteiger partial charge in [-0.2, -0.15) is 16.1 Å². The second kappa shape index (κ2) is 8.69. The molecule has 0 amide bonds. The molecular weight excluding hydrogens is 424 g/mol. The van der Waals surface area contributed by atoms with E-state index in [1.165, 1.54) is 23.9 Å². The number of ether oxygens (including phenoxy) is 1. The Kier molecular flexibility index (Phi) is 6.97. The van der Waals surface area contributed by atoms with Gasteiger partial charge in [0.05, 0.1) is 4.90 Å². The molecule has 0 spiro atoms. The second-order valence-corrected chi connectivity index (χ2v) is 10.2. The van der Waals surface area contributed by atoms with Gasteiger partial charge < -0.3 is 9.84 Å². The Labute approximate surface area is 174 Å². The molecule has 2 aromatic rings. The van der Waals surface area contributed by atoms with Crippen LogP contribution in [-0.4, -0.2) is 51.9 Å². The Morgan fingerprint density at radius 3 is 2.32 bits per heavy atom. The number of hydrogen-bond donors (Lipinski definition) is 1. The molecule has 0 bridgehead atoms. The van der Waals surface area contributed by atoms with Gasteiger partial charge in [-0.1, -0.05) is 0 Å². The zero-order chi connectivity index (χ0) is 19.7. The molecule has 152 valence electrons. The molecule has 0 radical (unpaired) electrons. The number of carboxylic acids is 1. The number of pyridine rings is 1. The maximum atomic E-state index is 13.1. The molecule has 7 nitrogen and oxygen atoms in total. The van der Waals surface area contributed by atoms with Gasteiger partial charge in [0, 0.05) is 29.4 Å². The quantitative estimate of drug-likeness (QED) is 0.755. The minimum Gasteiger partial charge on any atom is -0.480 e. The summed E-state index contributed by atoms with van der Waals surface area (Å²) >= 11 is 1.46. The van der Waals surface area contributed by atoms with Crippen LogP contribution < -0.4 is 4.74 Å². The van der Waals surface area contributed by atoms with Crippen molar-refractivity contribution in [3.63, 3.8) is 0 Å². The fraction of sp³-hybridized carbons (Fsp3) is 0.333. The predicted molar refractivity (Wildman–Crippen MR) is 110 cm³/mol. The summed E-state index contributed by atoms with van der Waals surface area (Å²) in [5, 5.41) is 9.62. The van der Waals surface area contributed by atoms with Crippen molar-refractivity contribution in [1.29, 1.82) is 0 Å². The first-order chi connectivity index (χ1) is 12.7. The Balaban J connectivity index is 0.00000280. The maximum Gasteiger partial charge on any atom is 0.323 e. The highest BCUT2D eigenvalue weighted by Crippen LogP contribution is 2.38. The SMILES string of the molecule is CC1(C)SCCN(S(=O)(=O)c2ccc(Oc3ccncc3)cc2)[C@H]1C(=O)O.Cl. The molecule has 0 unspecified atom stereocenters. The number of benzene rings is 1. The summed E-state index contributed by atoms with van der Waals surface area (Å²) in [5.41, 5.74) is 0. The molecule has 28 heavy (non-hydrogen) atoms. The van der Waals surface area contributed by atoms with Gasteiger partial charge in [0.1, 0.15) is 17.5 Å². The number of nitrogens with zero attached hydrogens (tertiary/aromatic N) is 2. The van der Waals surface area contributed by atoms with E-state index in [9.17, 15) is 18.3 Å². The van der Waals surface area contributed by atoms with E-state index in [-0.39, 0.29) is 23.8 Å². The summed E-state index contributed by atoms with van der Waals surface area (Å²) in [4.78, 5) is 15.7. The summed E-state index contributed by atoms with van der Waals surface area (Å²) in [6.07, 6.45) is 3.19. The largest absolute Gasteiger partial charge is 0.480 e. The molecule has 1 aromatic carbocycles. The van der Waals surface area contributed by atoms with E-state index in [1.807, 2.05) is 0 Å². The Morgan fingerprint density at radius 2 is 1.75 bits per heavy atom. The third-order valence-electron chi connectivity index (χ3n) is 4.28. The summed E-state index contributed by atoms with van der Waals surface area (Å²) in [6.45, 7) is 3.66. The first kappa shape index (κ1) is 22.5. The number of carboxylic acid groups (broad SMARTS) is 1. The van der Waals surface area contributed by atoms with Gasteiger partial charge in [0.25, 0.3) is 0 Å². The van der Waals surface area contributed by atoms with Crippen molar-refractivity contribution in [2.24, 2.45) is 0 Å². The van der Waals surface area contributed by atoms with Crippen LogP contribution in [0.2, 0.25) is 0 Å². The fourth-order valence-corrected chi connectivity index (χ4v) is 6.09. The normalized spacial score (nSPS) is 19.4. The molecule has 1 fully saturated rings. The number of aromatic nitrogens is 1. The molecule has 1 aromatic heterocycles. The Bertz CT molecular complexity index is 921. The molecule has 1 aliphatic rings. The van der Waals surface area contributed by atoms with Crippen LogP contribution in [0, 0.1) is 0 Å². The predicted octanol–water partition coefficient (Wildman–Crippen LogP) is 3.27. The van der Waals surface area contributed by atoms with E-state index in [0.29, 0.717) is 17.3 Å². The van der Waals surface area contributed by atoms with Gasteiger partial charge in [-0.3, -0.25) is 9.78 Å². The van der Waals surface area contributed by atoms with Crippen LogP contribution in [0.1, 0.15) is 13.8 Å². The van der Waals surface area contributed by atoms with Crippen molar-refractivity contribution in [3.05, 3.63) is 48.8 Å². The van der Waals surface area contributed by atoms with Crippen LogP contribution in [0.15, 0.2) is 53.7 Å². The smallest absolute Gasteiger partial charge is 0.323 e. The standard InChI is InChI=1S/C18H20N2O5S2.ClH/c1-18(2)16(17(21)22)20(11-12-26-18)27(23,24)15-5-3-13(4-6-15)25-14-7-9-19-10-8-14;/h3-10,16H,11-12H2,1-2H3,(H,21,22);1H/t16-;/m0./s1. The zero-order valence-electron chi connectivity index (χ0n) is 15.3. The van der Waals surface area contributed by atoms with Gasteiger partial charge in [-0.15, -0.1) is 12.4 Å². The highest BCUT2D eigenvalue weighted by Gasteiger charge is 2.48. The van der Waals surface area contributed by atoms with Crippen LogP contribution in [0.3, 0.4) is 0 Å². The molecule has 10 heteroatoms. The van der Waals surface area contributed by atoms with Crippen molar-refractivity contribution in [3.8, 4) is 11.5 Å². The number of halogens is 1. The van der Waals surface area contributed by atoms with Gasteiger partial charge in [-0.05, 0) is 50.2 Å². The van der Waals surface area contributed by atoms with Gasteiger partial charge in [0.2, 0.25) is 10.0 Å². The van der Waals surface area contributed by atoms with E-state index >= 15 is 0 Å². The van der Waals surface area contributed by atoms with Crippen LogP contribution in [0.4, 0.5) is 0 Å². The summed E-state index contributed by atoms with van der Waals surface area (Å²) in [7, 11) is -3.94. The third-order valence-corrected chi connectivity index (χ3v) is 7.51. The van der Waals surface area contributed by atoms with Gasteiger partial charge in [0.15, 0.2) is 0 Å². The minimum absolute atomic E-state index is 0. The first-order valence-corrected chi connectivity index (χ1v) is 10.7. The molecule has 1 atom stereocenters. The number of carbonyl (C=O) groups is 1. The Morgan fingerprint density at radius 1 is 1.18 bits per heavy atom. The Hall–Kier alpha value is -1.81. The van der Waals surface area contributed by atoms with E-state index < -0.39 is 26.8 Å². The van der Waals surface area contributed by atoms with E-state index in [2.05, 4.69) is 4.98 Å². The van der Waals surface area contributed by atoms with E-state index in [0.717, 1.165) is 4.31 Å². The number of sulfonamides is 1. The van der Waals surface area contributed by atoms with Crippen molar-refractivity contribution >= 4 is 40.2 Å². The number of thioether (sulfide) groups is 1. The van der Waals surface area contributed by atoms with Crippen molar-refractivity contribution in [1.82, 2.24) is 9.29 Å². The second-order valence-electron chi connectivity index (χ2n) is 6.56. The molecule has 0 aliphatic carbocycles. The average Bonchev–Trinajstić information content (AvgIpc) is 2.61. The lowest BCUT2D eigenvalue weighted by Crippen LogP contribution is -2.58. The fourth-order valence-electron chi connectivity index (χ4n) is 2.99. The van der Waals surface area contributed by atoms with Crippen LogP contribution in [0.25, 0.3) is 0 Å². The van der Waals surface area contributed by atoms with E-state index in [1.54, 1.807) is 50.5 Å². The highest BCUT2D eigenvalue weighted by molar-refractivity contribution is 8.00. The minimum atomic E-state index is -3.94. The molecule has 2 heterocycles. The first-order valence-electron chi connectivity index (χ1n) is 8.28. The van der Waals surface area contributed by atoms with Gasteiger partial charge >= 0.3 is 5.97 Å². The lowest BCUT2D eigenvalue weighted by atomic mass is 10.0. The number of aliphatic carboxylic acids is 1. The van der Waals surface area contributed by atoms with E-state index in [4.69, 9.17) is 4.74 Å². The monoisotopic (exact) mass is 444 g/mol. The summed E-state index contributed by atoms with van der Waals surface area (Å²) in [6, 6.07) is 8.21. The van der Waals surface area contributed by atoms with Gasteiger partial charge in [-0.25, -0.2) is 8.42 Å². The highest BCUT2D eigenvalue weighted by atomic mass is 35.5. The maximum absolute atomic E-state index is 13.1. The molecule has 1 N–H and O–H groups in total. The number of hydrogen-bond acceptors (Lipinski definition) is 6. The van der Waals surface area contributed by atoms with Crippen LogP contribution in [-0.2, 0) is 14.8 Å². The summed E-state index contributed by atoms with van der Waals surface area (Å²) < 4.78 is 32.1. The summed E-state index contributed by atoms with van der Waals surface area (Å²) in [5.74, 6) is 0.457. The van der Waals surface area contributed by atoms with Crippen LogP contribution >= 0.6 is 24.2 Å². The van der Waals surface area contributed by atoms with Crippen molar-refractivity contribution in [2.75, 3.05) is 12.3 Å². The molecule has 1 aliphatic heterocycles. The lowest BCUT2D eigenvalue weighted by molar-refractivity contribution is -0.142. The molecular formula is C18H21ClN2O5S2. The van der Waals surface area contributed by atoms with Crippen LogP contribution in [0.5, 0.6) is 11.5 Å². The van der Waals surface area contributed by atoms with Crippen molar-refractivity contribution in [2.45, 2.75) is 29.5 Å². The lowest BCUT2D eigenvalue weighted by Gasteiger charge is -2.42. The average molecular weight is 445 g/mol. The van der Waals surface area contributed by atoms with Crippen molar-refractivity contribution < 1.29 is 23.1 Å². The molecule has 1 saturated heterocycles. The third kappa shape index (κ3) is 4.60. The zero-order valence-corrected chi connectivity index (χ0v) is 17.8. The molecule has 3 rings (SSSR count). The number of rotatable bonds is 5. The topological polar surface area (TPSA) is 96.8 Å². The molecule has 0 saturated carbocycles.